The number of fused-ring (bicyclic) bond motifs is 1. The molecular weight excluding hydrogens is 286 g/mol. The molecule has 2 unspecified atom stereocenters. The van der Waals surface area contributed by atoms with Gasteiger partial charge in [0.1, 0.15) is 5.75 Å². The number of carbonyl (C=O) groups excluding carboxylic acids is 1. The maximum atomic E-state index is 13.0. The normalized spacial score (nSPS) is 25.1. The van der Waals surface area contributed by atoms with Crippen LogP contribution in [0.4, 0.5) is 0 Å². The lowest BCUT2D eigenvalue weighted by Gasteiger charge is -2.39. The molecule has 0 radical (unpaired) electrons. The number of para-hydroxylation sites is 1. The zero-order valence-electron chi connectivity index (χ0n) is 12.3. The fourth-order valence-electron chi connectivity index (χ4n) is 3.52. The van der Waals surface area contributed by atoms with Crippen LogP contribution in [0.15, 0.2) is 24.3 Å². The molecule has 0 aromatic heterocycles. The molecule has 114 valence electrons. The number of carbonyl (C=O) groups is 1. The fourth-order valence-corrected chi connectivity index (χ4v) is 3.77. The molecule has 0 spiro atoms. The first kappa shape index (κ1) is 14.7. The van der Waals surface area contributed by atoms with Gasteiger partial charge in [-0.1, -0.05) is 18.2 Å². The maximum absolute atomic E-state index is 13.0. The molecule has 2 aliphatic rings. The van der Waals surface area contributed by atoms with Crippen LogP contribution in [0.5, 0.6) is 5.75 Å². The molecule has 1 aromatic rings. The third-order valence-corrected chi connectivity index (χ3v) is 4.83. The molecule has 1 fully saturated rings. The summed E-state index contributed by atoms with van der Waals surface area (Å²) < 4.78 is 5.67. The molecule has 0 N–H and O–H groups in total. The van der Waals surface area contributed by atoms with E-state index in [0.717, 1.165) is 43.5 Å². The molecule has 21 heavy (non-hydrogen) atoms. The zero-order valence-corrected chi connectivity index (χ0v) is 13.0. The van der Waals surface area contributed by atoms with Gasteiger partial charge >= 0.3 is 0 Å². The van der Waals surface area contributed by atoms with Gasteiger partial charge < -0.3 is 9.64 Å². The van der Waals surface area contributed by atoms with E-state index in [1.807, 2.05) is 24.3 Å². The van der Waals surface area contributed by atoms with Gasteiger partial charge in [0, 0.05) is 24.0 Å². The van der Waals surface area contributed by atoms with Crippen molar-refractivity contribution in [2.24, 2.45) is 0 Å². The van der Waals surface area contributed by atoms with Crippen LogP contribution < -0.4 is 4.74 Å². The summed E-state index contributed by atoms with van der Waals surface area (Å²) in [5.41, 5.74) is 1.05. The van der Waals surface area contributed by atoms with Crippen molar-refractivity contribution in [2.45, 2.75) is 44.1 Å². The minimum Gasteiger partial charge on any atom is -0.493 e. The molecule has 2 aliphatic heterocycles. The van der Waals surface area contributed by atoms with Crippen LogP contribution in [0, 0.1) is 0 Å². The number of hydrogen-bond donors (Lipinski definition) is 0. The molecule has 1 amide bonds. The zero-order chi connectivity index (χ0) is 14.7. The van der Waals surface area contributed by atoms with Crippen LogP contribution in [-0.4, -0.2) is 35.9 Å². The van der Waals surface area contributed by atoms with Gasteiger partial charge in [0.2, 0.25) is 5.91 Å². The molecule has 3 nitrogen and oxygen atoms in total. The van der Waals surface area contributed by atoms with E-state index in [1.54, 1.807) is 0 Å². The largest absolute Gasteiger partial charge is 0.493 e. The first-order valence-corrected chi connectivity index (χ1v) is 8.43. The Labute approximate surface area is 131 Å². The number of ether oxygens (including phenoxy) is 1. The first-order chi connectivity index (χ1) is 10.3. The van der Waals surface area contributed by atoms with E-state index < -0.39 is 0 Å². The lowest BCUT2D eigenvalue weighted by atomic mass is 9.89. The van der Waals surface area contributed by atoms with Crippen LogP contribution in [0.1, 0.15) is 43.6 Å². The van der Waals surface area contributed by atoms with Crippen LogP contribution in [0.3, 0.4) is 0 Å². The second-order valence-corrected chi connectivity index (χ2v) is 6.26. The van der Waals surface area contributed by atoms with Crippen molar-refractivity contribution in [1.29, 1.82) is 0 Å². The fraction of sp³-hybridized carbons (Fsp3) is 0.588. The van der Waals surface area contributed by atoms with Crippen molar-refractivity contribution in [2.75, 3.05) is 19.0 Å². The Morgan fingerprint density at radius 3 is 3.00 bits per heavy atom. The molecule has 0 aliphatic carbocycles. The lowest BCUT2D eigenvalue weighted by Crippen LogP contribution is -2.46. The minimum atomic E-state index is -0.0501. The number of hydrogen-bond acceptors (Lipinski definition) is 2. The average molecular weight is 308 g/mol. The van der Waals surface area contributed by atoms with Crippen molar-refractivity contribution in [1.82, 2.24) is 4.90 Å². The van der Waals surface area contributed by atoms with Crippen molar-refractivity contribution in [3.63, 3.8) is 0 Å². The van der Waals surface area contributed by atoms with Gasteiger partial charge in [0.15, 0.2) is 0 Å². The predicted molar refractivity (Wildman–Crippen MR) is 84.0 cm³/mol. The summed E-state index contributed by atoms with van der Waals surface area (Å²) in [5, 5.41) is 0. The summed E-state index contributed by atoms with van der Waals surface area (Å²) in [6.45, 7) is 1.50. The van der Waals surface area contributed by atoms with Gasteiger partial charge in [-0.2, -0.15) is 0 Å². The quantitative estimate of drug-likeness (QED) is 0.799. The number of benzene rings is 1. The number of nitrogens with zero attached hydrogens (tertiary/aromatic N) is 1. The smallest absolute Gasteiger partial charge is 0.230 e. The highest BCUT2D eigenvalue weighted by atomic mass is 35.5. The summed E-state index contributed by atoms with van der Waals surface area (Å²) in [4.78, 5) is 15.1. The summed E-state index contributed by atoms with van der Waals surface area (Å²) in [6.07, 6.45) is 5.08. The molecule has 0 saturated carbocycles. The van der Waals surface area contributed by atoms with Gasteiger partial charge in [-0.25, -0.2) is 0 Å². The van der Waals surface area contributed by atoms with Gasteiger partial charge in [0.05, 0.1) is 12.5 Å². The topological polar surface area (TPSA) is 29.5 Å². The van der Waals surface area contributed by atoms with E-state index in [1.165, 1.54) is 6.42 Å². The molecule has 3 rings (SSSR count). The molecule has 1 saturated heterocycles. The molecular formula is C17H22ClNO2. The minimum absolute atomic E-state index is 0.0501. The Bertz CT molecular complexity index is 503. The van der Waals surface area contributed by atoms with E-state index in [4.69, 9.17) is 16.3 Å². The molecule has 2 heterocycles. The Balaban J connectivity index is 1.81. The van der Waals surface area contributed by atoms with E-state index in [2.05, 4.69) is 4.90 Å². The first-order valence-electron chi connectivity index (χ1n) is 7.89. The van der Waals surface area contributed by atoms with Crippen LogP contribution in [-0.2, 0) is 4.79 Å². The Morgan fingerprint density at radius 1 is 1.29 bits per heavy atom. The summed E-state index contributed by atoms with van der Waals surface area (Å²) in [7, 11) is 0. The third-order valence-electron chi connectivity index (χ3n) is 4.61. The Morgan fingerprint density at radius 2 is 2.14 bits per heavy atom. The summed E-state index contributed by atoms with van der Waals surface area (Å²) >= 11 is 5.91. The van der Waals surface area contributed by atoms with E-state index in [-0.39, 0.29) is 11.8 Å². The van der Waals surface area contributed by atoms with E-state index >= 15 is 0 Å². The molecule has 0 bridgehead atoms. The van der Waals surface area contributed by atoms with Crippen LogP contribution in [0.2, 0.25) is 0 Å². The second-order valence-electron chi connectivity index (χ2n) is 5.89. The highest BCUT2D eigenvalue weighted by molar-refractivity contribution is 6.17. The van der Waals surface area contributed by atoms with Crippen LogP contribution in [0.25, 0.3) is 0 Å². The second kappa shape index (κ2) is 6.69. The number of rotatable bonds is 3. The molecule has 4 heteroatoms. The number of likely N-dealkylation sites (tertiary alicyclic amines) is 1. The van der Waals surface area contributed by atoms with E-state index in [0.29, 0.717) is 18.5 Å². The SMILES string of the molecule is O=C(C1CCOc2ccccc21)N1CCCCC1CCCl. The highest BCUT2D eigenvalue weighted by Crippen LogP contribution is 2.36. The Kier molecular flexibility index (Phi) is 4.69. The summed E-state index contributed by atoms with van der Waals surface area (Å²) in [5.74, 6) is 1.71. The maximum Gasteiger partial charge on any atom is 0.230 e. The van der Waals surface area contributed by atoms with Crippen molar-refractivity contribution >= 4 is 17.5 Å². The van der Waals surface area contributed by atoms with Gasteiger partial charge in [-0.05, 0) is 38.2 Å². The number of piperidine rings is 1. The van der Waals surface area contributed by atoms with Gasteiger partial charge in [-0.15, -0.1) is 11.6 Å². The lowest BCUT2D eigenvalue weighted by molar-refractivity contribution is -0.137. The van der Waals surface area contributed by atoms with E-state index in [9.17, 15) is 4.79 Å². The number of amides is 1. The summed E-state index contributed by atoms with van der Waals surface area (Å²) in [6, 6.07) is 8.25. The van der Waals surface area contributed by atoms with Gasteiger partial charge in [0.25, 0.3) is 0 Å². The monoisotopic (exact) mass is 307 g/mol. The van der Waals surface area contributed by atoms with Crippen LogP contribution >= 0.6 is 11.6 Å². The van der Waals surface area contributed by atoms with Crippen molar-refractivity contribution < 1.29 is 9.53 Å². The standard InChI is InChI=1S/C17H22ClNO2/c18-10-8-13-5-3-4-11-19(13)17(20)15-9-12-21-16-7-2-1-6-14(15)16/h1-2,6-7,13,15H,3-5,8-12H2. The third kappa shape index (κ3) is 3.03. The van der Waals surface area contributed by atoms with Gasteiger partial charge in [-0.3, -0.25) is 4.79 Å². The number of alkyl halides is 1. The predicted octanol–water partition coefficient (Wildman–Crippen LogP) is 3.56. The highest BCUT2D eigenvalue weighted by Gasteiger charge is 2.34. The number of halogens is 1. The average Bonchev–Trinajstić information content (AvgIpc) is 2.54. The molecule has 1 aromatic carbocycles. The molecule has 2 atom stereocenters. The van der Waals surface area contributed by atoms with Crippen molar-refractivity contribution in [3.8, 4) is 5.75 Å². The Hall–Kier alpha value is -1.22. The van der Waals surface area contributed by atoms with Crippen molar-refractivity contribution in [3.05, 3.63) is 29.8 Å².